The van der Waals surface area contributed by atoms with Crippen molar-refractivity contribution < 1.29 is 4.79 Å². The first kappa shape index (κ1) is 13.5. The third kappa shape index (κ3) is 3.29. The van der Waals surface area contributed by atoms with Gasteiger partial charge in [-0.2, -0.15) is 0 Å². The third-order valence-electron chi connectivity index (χ3n) is 3.24. The number of carbonyl (C=O) groups is 1. The van der Waals surface area contributed by atoms with Gasteiger partial charge in [-0.05, 0) is 26.3 Å². The van der Waals surface area contributed by atoms with E-state index in [4.69, 9.17) is 0 Å². The lowest BCUT2D eigenvalue weighted by Crippen LogP contribution is -2.51. The lowest BCUT2D eigenvalue weighted by atomic mass is 10.0. The summed E-state index contributed by atoms with van der Waals surface area (Å²) in [6.07, 6.45) is 2.95. The Morgan fingerprint density at radius 1 is 1.61 bits per heavy atom. The predicted octanol–water partition coefficient (Wildman–Crippen LogP) is 1.59. The fraction of sp³-hybridized carbons (Fsp3) is 0.692. The molecule has 4 nitrogen and oxygen atoms in total. The van der Waals surface area contributed by atoms with Crippen LogP contribution in [0.4, 0.5) is 0 Å². The average Bonchev–Trinajstić information content (AvgIpc) is 2.77. The molecule has 1 N–H and O–H groups in total. The summed E-state index contributed by atoms with van der Waals surface area (Å²) in [5, 5.41) is 6.46. The lowest BCUT2D eigenvalue weighted by molar-refractivity contribution is -0.135. The Kier molecular flexibility index (Phi) is 4.72. The van der Waals surface area contributed by atoms with E-state index in [1.54, 1.807) is 11.3 Å². The van der Waals surface area contributed by atoms with E-state index >= 15 is 0 Å². The van der Waals surface area contributed by atoms with Crippen LogP contribution in [0, 0.1) is 6.92 Å². The van der Waals surface area contributed by atoms with Crippen molar-refractivity contribution in [1.82, 2.24) is 15.2 Å². The lowest BCUT2D eigenvalue weighted by Gasteiger charge is -2.32. The van der Waals surface area contributed by atoms with Crippen molar-refractivity contribution >= 4 is 17.2 Å². The quantitative estimate of drug-likeness (QED) is 0.881. The SMILES string of the molecule is CCNC1CCCN(CCc2nc(C)cs2)C1=O. The number of hydrogen-bond acceptors (Lipinski definition) is 4. The molecule has 1 atom stereocenters. The number of carbonyl (C=O) groups excluding carboxylic acids is 1. The van der Waals surface area contributed by atoms with E-state index in [-0.39, 0.29) is 11.9 Å². The van der Waals surface area contributed by atoms with Gasteiger partial charge in [0.05, 0.1) is 11.0 Å². The summed E-state index contributed by atoms with van der Waals surface area (Å²) in [7, 11) is 0. The minimum atomic E-state index is 0.0294. The largest absolute Gasteiger partial charge is 0.341 e. The second-order valence-electron chi connectivity index (χ2n) is 4.71. The molecule has 0 radical (unpaired) electrons. The molecular formula is C13H21N3OS. The smallest absolute Gasteiger partial charge is 0.239 e. The molecule has 1 aromatic heterocycles. The zero-order valence-corrected chi connectivity index (χ0v) is 11.9. The van der Waals surface area contributed by atoms with Crippen LogP contribution in [0.3, 0.4) is 0 Å². The van der Waals surface area contributed by atoms with Gasteiger partial charge >= 0.3 is 0 Å². The van der Waals surface area contributed by atoms with Gasteiger partial charge in [0, 0.05) is 30.6 Å². The molecule has 2 rings (SSSR count). The van der Waals surface area contributed by atoms with Crippen LogP contribution >= 0.6 is 11.3 Å². The normalized spacial score (nSPS) is 20.4. The van der Waals surface area contributed by atoms with Crippen molar-refractivity contribution in [3.63, 3.8) is 0 Å². The first-order chi connectivity index (χ1) is 8.70. The molecule has 0 bridgehead atoms. The van der Waals surface area contributed by atoms with Crippen molar-refractivity contribution in [3.05, 3.63) is 16.1 Å². The van der Waals surface area contributed by atoms with Gasteiger partial charge in [-0.15, -0.1) is 11.3 Å². The maximum Gasteiger partial charge on any atom is 0.239 e. The van der Waals surface area contributed by atoms with E-state index in [1.807, 2.05) is 18.7 Å². The van der Waals surface area contributed by atoms with Gasteiger partial charge in [0.15, 0.2) is 0 Å². The van der Waals surface area contributed by atoms with Gasteiger partial charge < -0.3 is 10.2 Å². The molecule has 0 aromatic carbocycles. The van der Waals surface area contributed by atoms with Crippen LogP contribution in [0.1, 0.15) is 30.5 Å². The van der Waals surface area contributed by atoms with Crippen molar-refractivity contribution in [1.29, 1.82) is 0 Å². The molecule has 1 unspecified atom stereocenters. The molecule has 2 heterocycles. The van der Waals surface area contributed by atoms with Gasteiger partial charge in [0.2, 0.25) is 5.91 Å². The molecule has 0 aliphatic carbocycles. The number of aryl methyl sites for hydroxylation is 1. The number of hydrogen-bond donors (Lipinski definition) is 1. The van der Waals surface area contributed by atoms with Crippen LogP contribution < -0.4 is 5.32 Å². The van der Waals surface area contributed by atoms with Crippen LogP contribution in [-0.4, -0.2) is 41.5 Å². The van der Waals surface area contributed by atoms with E-state index in [0.29, 0.717) is 0 Å². The third-order valence-corrected chi connectivity index (χ3v) is 4.27. The highest BCUT2D eigenvalue weighted by Gasteiger charge is 2.27. The number of rotatable bonds is 5. The number of aromatic nitrogens is 1. The van der Waals surface area contributed by atoms with Crippen molar-refractivity contribution in [3.8, 4) is 0 Å². The molecule has 1 amide bonds. The molecule has 1 aliphatic heterocycles. The summed E-state index contributed by atoms with van der Waals surface area (Å²) in [6, 6.07) is 0.0294. The molecule has 1 saturated heterocycles. The van der Waals surface area contributed by atoms with Crippen molar-refractivity contribution in [2.75, 3.05) is 19.6 Å². The second-order valence-corrected chi connectivity index (χ2v) is 5.65. The first-order valence-corrected chi connectivity index (χ1v) is 7.52. The number of nitrogens with zero attached hydrogens (tertiary/aromatic N) is 2. The number of likely N-dealkylation sites (N-methyl/N-ethyl adjacent to an activating group) is 1. The van der Waals surface area contributed by atoms with Crippen molar-refractivity contribution in [2.45, 2.75) is 39.2 Å². The molecule has 18 heavy (non-hydrogen) atoms. The minimum absolute atomic E-state index is 0.0294. The number of nitrogens with one attached hydrogen (secondary N) is 1. The van der Waals surface area contributed by atoms with E-state index in [9.17, 15) is 4.79 Å². The zero-order valence-electron chi connectivity index (χ0n) is 11.1. The average molecular weight is 267 g/mol. The van der Waals surface area contributed by atoms with Crippen LogP contribution in [0.2, 0.25) is 0 Å². The number of likely N-dealkylation sites (tertiary alicyclic amines) is 1. The van der Waals surface area contributed by atoms with Crippen LogP contribution in [0.15, 0.2) is 5.38 Å². The van der Waals surface area contributed by atoms with Gasteiger partial charge in [-0.1, -0.05) is 6.92 Å². The topological polar surface area (TPSA) is 45.2 Å². The molecule has 100 valence electrons. The zero-order chi connectivity index (χ0) is 13.0. The molecule has 5 heteroatoms. The van der Waals surface area contributed by atoms with Crippen molar-refractivity contribution in [2.24, 2.45) is 0 Å². The van der Waals surface area contributed by atoms with E-state index in [0.717, 1.165) is 49.6 Å². The van der Waals surface area contributed by atoms with Crippen LogP contribution in [-0.2, 0) is 11.2 Å². The summed E-state index contributed by atoms with van der Waals surface area (Å²) in [5.74, 6) is 0.261. The number of piperidine rings is 1. The molecular weight excluding hydrogens is 246 g/mol. The predicted molar refractivity (Wildman–Crippen MR) is 73.8 cm³/mol. The van der Waals surface area contributed by atoms with Gasteiger partial charge in [-0.25, -0.2) is 4.98 Å². The Morgan fingerprint density at radius 3 is 3.11 bits per heavy atom. The standard InChI is InChI=1S/C13H21N3OS/c1-3-14-11-5-4-7-16(13(11)17)8-6-12-15-10(2)9-18-12/h9,11,14H,3-8H2,1-2H3. The minimum Gasteiger partial charge on any atom is -0.341 e. The summed E-state index contributed by atoms with van der Waals surface area (Å²) >= 11 is 1.69. The Labute approximate surface area is 112 Å². The van der Waals surface area contributed by atoms with E-state index < -0.39 is 0 Å². The Morgan fingerprint density at radius 2 is 2.44 bits per heavy atom. The molecule has 1 aliphatic rings. The highest BCUT2D eigenvalue weighted by atomic mass is 32.1. The van der Waals surface area contributed by atoms with Gasteiger partial charge in [-0.3, -0.25) is 4.79 Å². The summed E-state index contributed by atoms with van der Waals surface area (Å²) < 4.78 is 0. The molecule has 1 fully saturated rings. The fourth-order valence-corrected chi connectivity index (χ4v) is 3.11. The van der Waals surface area contributed by atoms with Gasteiger partial charge in [0.25, 0.3) is 0 Å². The molecule has 0 saturated carbocycles. The number of amides is 1. The second kappa shape index (κ2) is 6.29. The highest BCUT2D eigenvalue weighted by molar-refractivity contribution is 7.09. The summed E-state index contributed by atoms with van der Waals surface area (Å²) in [6.45, 7) is 6.60. The Balaban J connectivity index is 1.86. The Bertz CT molecular complexity index is 403. The summed E-state index contributed by atoms with van der Waals surface area (Å²) in [5.41, 5.74) is 1.07. The molecule has 0 spiro atoms. The highest BCUT2D eigenvalue weighted by Crippen LogP contribution is 2.14. The summed E-state index contributed by atoms with van der Waals surface area (Å²) in [4.78, 5) is 18.6. The Hall–Kier alpha value is -0.940. The van der Waals surface area contributed by atoms with E-state index in [1.165, 1.54) is 0 Å². The van der Waals surface area contributed by atoms with Crippen LogP contribution in [0.5, 0.6) is 0 Å². The van der Waals surface area contributed by atoms with Crippen LogP contribution in [0.25, 0.3) is 0 Å². The first-order valence-electron chi connectivity index (χ1n) is 6.64. The molecule has 1 aromatic rings. The van der Waals surface area contributed by atoms with Gasteiger partial charge in [0.1, 0.15) is 0 Å². The number of thiazole rings is 1. The fourth-order valence-electron chi connectivity index (χ4n) is 2.35. The maximum atomic E-state index is 12.2. The monoisotopic (exact) mass is 267 g/mol. The van der Waals surface area contributed by atoms with E-state index in [2.05, 4.69) is 15.7 Å². The maximum absolute atomic E-state index is 12.2.